The molecule has 1 aromatic rings. The molecule has 0 aromatic heterocycles. The molecule has 1 atom stereocenters. The van der Waals surface area contributed by atoms with Crippen LogP contribution in [-0.2, 0) is 10.2 Å². The molecule has 0 spiro atoms. The van der Waals surface area contributed by atoms with Crippen molar-refractivity contribution in [1.29, 1.82) is 0 Å². The first kappa shape index (κ1) is 13.6. The van der Waals surface area contributed by atoms with E-state index in [1.807, 2.05) is 7.05 Å². The standard InChI is InChI=1S/C17H24N2O/c1-13-6-3-4-8-15(13)17(9-10-17)16(20)19-11-5-7-14(12-19)18-2/h3-4,6,8,14,18H,5,7,9-12H2,1-2H3/t14-/m0/s1. The molecule has 108 valence electrons. The summed E-state index contributed by atoms with van der Waals surface area (Å²) in [7, 11) is 1.99. The highest BCUT2D eigenvalue weighted by Crippen LogP contribution is 2.50. The van der Waals surface area contributed by atoms with E-state index in [4.69, 9.17) is 0 Å². The van der Waals surface area contributed by atoms with Crippen LogP contribution in [0.5, 0.6) is 0 Å². The number of nitrogens with zero attached hydrogens (tertiary/aromatic N) is 1. The smallest absolute Gasteiger partial charge is 0.233 e. The van der Waals surface area contributed by atoms with Gasteiger partial charge in [-0.2, -0.15) is 0 Å². The van der Waals surface area contributed by atoms with Crippen LogP contribution < -0.4 is 5.32 Å². The molecule has 1 N–H and O–H groups in total. The second kappa shape index (κ2) is 5.21. The third-order valence-corrected chi connectivity index (χ3v) is 4.94. The summed E-state index contributed by atoms with van der Waals surface area (Å²) in [6, 6.07) is 8.83. The van der Waals surface area contributed by atoms with Crippen LogP contribution in [0, 0.1) is 6.92 Å². The molecule has 1 aliphatic heterocycles. The second-order valence-corrected chi connectivity index (χ2v) is 6.28. The first-order valence-electron chi connectivity index (χ1n) is 7.70. The zero-order valence-corrected chi connectivity index (χ0v) is 12.5. The van der Waals surface area contributed by atoms with Crippen molar-refractivity contribution in [2.45, 2.75) is 44.1 Å². The maximum atomic E-state index is 13.0. The van der Waals surface area contributed by atoms with Gasteiger partial charge in [-0.1, -0.05) is 24.3 Å². The Hall–Kier alpha value is -1.35. The Morgan fingerprint density at radius 2 is 2.10 bits per heavy atom. The molecule has 1 heterocycles. The molecule has 20 heavy (non-hydrogen) atoms. The van der Waals surface area contributed by atoms with E-state index in [0.29, 0.717) is 11.9 Å². The van der Waals surface area contributed by atoms with Gasteiger partial charge in [-0.25, -0.2) is 0 Å². The number of amides is 1. The Labute approximate surface area is 121 Å². The van der Waals surface area contributed by atoms with Gasteiger partial charge in [0.15, 0.2) is 0 Å². The lowest BCUT2D eigenvalue weighted by atomic mass is 9.89. The summed E-state index contributed by atoms with van der Waals surface area (Å²) in [5.74, 6) is 0.353. The molecule has 2 fully saturated rings. The van der Waals surface area contributed by atoms with Crippen LogP contribution in [0.15, 0.2) is 24.3 Å². The summed E-state index contributed by atoms with van der Waals surface area (Å²) in [4.78, 5) is 15.1. The average molecular weight is 272 g/mol. The molecule has 3 nitrogen and oxygen atoms in total. The van der Waals surface area contributed by atoms with Gasteiger partial charge in [0.2, 0.25) is 5.91 Å². The van der Waals surface area contributed by atoms with Crippen LogP contribution >= 0.6 is 0 Å². The number of likely N-dealkylation sites (tertiary alicyclic amines) is 1. The van der Waals surface area contributed by atoms with Gasteiger partial charge < -0.3 is 10.2 Å². The maximum Gasteiger partial charge on any atom is 0.233 e. The van der Waals surface area contributed by atoms with Crippen molar-refractivity contribution in [2.24, 2.45) is 0 Å². The minimum Gasteiger partial charge on any atom is -0.340 e. The summed E-state index contributed by atoms with van der Waals surface area (Å²) in [5, 5.41) is 3.32. The van der Waals surface area contributed by atoms with Crippen molar-refractivity contribution >= 4 is 5.91 Å². The van der Waals surface area contributed by atoms with Crippen molar-refractivity contribution in [1.82, 2.24) is 10.2 Å². The summed E-state index contributed by atoms with van der Waals surface area (Å²) >= 11 is 0. The molecule has 0 radical (unpaired) electrons. The molecular formula is C17H24N2O. The third-order valence-electron chi connectivity index (χ3n) is 4.94. The number of rotatable bonds is 3. The van der Waals surface area contributed by atoms with Gasteiger partial charge in [0.25, 0.3) is 0 Å². The average Bonchev–Trinajstić information content (AvgIpc) is 3.28. The highest BCUT2D eigenvalue weighted by atomic mass is 16.2. The van der Waals surface area contributed by atoms with E-state index in [1.54, 1.807) is 0 Å². The molecule has 1 saturated carbocycles. The highest BCUT2D eigenvalue weighted by Gasteiger charge is 2.53. The van der Waals surface area contributed by atoms with E-state index in [-0.39, 0.29) is 5.41 Å². The number of likely N-dealkylation sites (N-methyl/N-ethyl adjacent to an activating group) is 1. The predicted molar refractivity (Wildman–Crippen MR) is 80.8 cm³/mol. The minimum absolute atomic E-state index is 0.207. The van der Waals surface area contributed by atoms with E-state index in [2.05, 4.69) is 41.4 Å². The number of benzene rings is 1. The van der Waals surface area contributed by atoms with E-state index < -0.39 is 0 Å². The largest absolute Gasteiger partial charge is 0.340 e. The van der Waals surface area contributed by atoms with Crippen LogP contribution in [0.1, 0.15) is 36.8 Å². The Bertz CT molecular complexity index is 507. The molecular weight excluding hydrogens is 248 g/mol. The third kappa shape index (κ3) is 2.24. The topological polar surface area (TPSA) is 32.3 Å². The normalized spacial score (nSPS) is 24.5. The van der Waals surface area contributed by atoms with Crippen molar-refractivity contribution < 1.29 is 4.79 Å². The monoisotopic (exact) mass is 272 g/mol. The van der Waals surface area contributed by atoms with Gasteiger partial charge >= 0.3 is 0 Å². The van der Waals surface area contributed by atoms with Crippen LogP contribution in [-0.4, -0.2) is 37.0 Å². The fraction of sp³-hybridized carbons (Fsp3) is 0.588. The Morgan fingerprint density at radius 1 is 1.35 bits per heavy atom. The van der Waals surface area contributed by atoms with Gasteiger partial charge in [-0.05, 0) is 50.8 Å². The van der Waals surface area contributed by atoms with Crippen molar-refractivity contribution in [2.75, 3.05) is 20.1 Å². The molecule has 2 aliphatic rings. The summed E-state index contributed by atoms with van der Waals surface area (Å²) in [6.07, 6.45) is 4.31. The van der Waals surface area contributed by atoms with E-state index in [9.17, 15) is 4.79 Å². The minimum atomic E-state index is -0.207. The van der Waals surface area contributed by atoms with Gasteiger partial charge in [0.05, 0.1) is 5.41 Å². The highest BCUT2D eigenvalue weighted by molar-refractivity contribution is 5.91. The van der Waals surface area contributed by atoms with E-state index in [1.165, 1.54) is 17.5 Å². The zero-order chi connectivity index (χ0) is 14.2. The van der Waals surface area contributed by atoms with Crippen LogP contribution in [0.4, 0.5) is 0 Å². The van der Waals surface area contributed by atoms with E-state index >= 15 is 0 Å². The number of carbonyl (C=O) groups excluding carboxylic acids is 1. The molecule has 0 bridgehead atoms. The molecule has 3 heteroatoms. The summed E-state index contributed by atoms with van der Waals surface area (Å²) in [6.45, 7) is 3.91. The lowest BCUT2D eigenvalue weighted by Gasteiger charge is -2.35. The van der Waals surface area contributed by atoms with Gasteiger partial charge in [0.1, 0.15) is 0 Å². The maximum absolute atomic E-state index is 13.0. The van der Waals surface area contributed by atoms with Crippen molar-refractivity contribution in [3.63, 3.8) is 0 Å². The SMILES string of the molecule is CN[C@H]1CCCN(C(=O)C2(c3ccccc3C)CC2)C1. The van der Waals surface area contributed by atoms with Crippen LogP contribution in [0.2, 0.25) is 0 Å². The van der Waals surface area contributed by atoms with Crippen LogP contribution in [0.25, 0.3) is 0 Å². The van der Waals surface area contributed by atoms with Crippen molar-refractivity contribution in [3.05, 3.63) is 35.4 Å². The number of hydrogen-bond acceptors (Lipinski definition) is 2. The molecule has 0 unspecified atom stereocenters. The quantitative estimate of drug-likeness (QED) is 0.915. The number of piperidine rings is 1. The number of hydrogen-bond donors (Lipinski definition) is 1. The Balaban J connectivity index is 1.82. The first-order chi connectivity index (χ1) is 9.67. The number of nitrogens with one attached hydrogen (secondary N) is 1. The first-order valence-corrected chi connectivity index (χ1v) is 7.70. The lowest BCUT2D eigenvalue weighted by molar-refractivity contribution is -0.135. The van der Waals surface area contributed by atoms with E-state index in [0.717, 1.165) is 32.4 Å². The van der Waals surface area contributed by atoms with Crippen LogP contribution in [0.3, 0.4) is 0 Å². The molecule has 1 saturated heterocycles. The van der Waals surface area contributed by atoms with Gasteiger partial charge in [-0.15, -0.1) is 0 Å². The lowest BCUT2D eigenvalue weighted by Crippen LogP contribution is -2.50. The second-order valence-electron chi connectivity index (χ2n) is 6.28. The van der Waals surface area contributed by atoms with Gasteiger partial charge in [0, 0.05) is 19.1 Å². The fourth-order valence-corrected chi connectivity index (χ4v) is 3.53. The number of aryl methyl sites for hydroxylation is 1. The zero-order valence-electron chi connectivity index (χ0n) is 12.5. The molecule has 3 rings (SSSR count). The predicted octanol–water partition coefficient (Wildman–Crippen LogP) is 2.24. The number of carbonyl (C=O) groups is 1. The molecule has 1 amide bonds. The summed E-state index contributed by atoms with van der Waals surface area (Å²) in [5.41, 5.74) is 2.29. The van der Waals surface area contributed by atoms with Crippen molar-refractivity contribution in [3.8, 4) is 0 Å². The Kier molecular flexibility index (Phi) is 3.55. The summed E-state index contributed by atoms with van der Waals surface area (Å²) < 4.78 is 0. The fourth-order valence-electron chi connectivity index (χ4n) is 3.53. The molecule has 1 aromatic carbocycles. The Morgan fingerprint density at radius 3 is 2.75 bits per heavy atom. The molecule has 1 aliphatic carbocycles. The van der Waals surface area contributed by atoms with Gasteiger partial charge in [-0.3, -0.25) is 4.79 Å².